The second kappa shape index (κ2) is 9.71. The second-order valence-electron chi connectivity index (χ2n) is 8.44. The smallest absolute Gasteiger partial charge is 0.0737 e. The summed E-state index contributed by atoms with van der Waals surface area (Å²) in [7, 11) is 0. The number of allylic oxidation sites excluding steroid dienone is 1. The first-order valence-corrected chi connectivity index (χ1v) is 11.4. The van der Waals surface area contributed by atoms with Gasteiger partial charge in [-0.2, -0.15) is 0 Å². The molecule has 0 aromatic heterocycles. The van der Waals surface area contributed by atoms with Gasteiger partial charge in [-0.3, -0.25) is 4.99 Å². The summed E-state index contributed by atoms with van der Waals surface area (Å²) in [6.45, 7) is 9.04. The number of benzene rings is 1. The van der Waals surface area contributed by atoms with Crippen molar-refractivity contribution >= 4 is 17.7 Å². The van der Waals surface area contributed by atoms with E-state index in [-0.39, 0.29) is 0 Å². The monoisotopic (exact) mass is 425 g/mol. The van der Waals surface area contributed by atoms with E-state index >= 15 is 0 Å². The fraction of sp³-hybridized carbons (Fsp3) is 0.458. The molecule has 6 heteroatoms. The lowest BCUT2D eigenvalue weighted by atomic mass is 10.1. The molecular weight excluding hydrogens is 394 g/mol. The molecule has 0 saturated carbocycles. The molecule has 1 fully saturated rings. The van der Waals surface area contributed by atoms with Crippen LogP contribution >= 0.6 is 11.6 Å². The molecular formula is C24H32ClN5. The molecule has 3 aliphatic heterocycles. The molecule has 0 spiro atoms. The lowest BCUT2D eigenvalue weighted by Gasteiger charge is -2.37. The van der Waals surface area contributed by atoms with Crippen molar-refractivity contribution in [3.05, 3.63) is 69.2 Å². The van der Waals surface area contributed by atoms with E-state index < -0.39 is 0 Å². The van der Waals surface area contributed by atoms with E-state index in [1.807, 2.05) is 6.20 Å². The summed E-state index contributed by atoms with van der Waals surface area (Å²) >= 11 is 6.66. The summed E-state index contributed by atoms with van der Waals surface area (Å²) in [6, 6.07) is 4.68. The molecule has 30 heavy (non-hydrogen) atoms. The number of piperazine rings is 1. The average molecular weight is 426 g/mol. The summed E-state index contributed by atoms with van der Waals surface area (Å²) in [5, 5.41) is 13.4. The van der Waals surface area contributed by atoms with Crippen LogP contribution in [0.4, 0.5) is 0 Å². The molecule has 1 saturated heterocycles. The third-order valence-corrected chi connectivity index (χ3v) is 6.28. The second-order valence-corrected chi connectivity index (χ2v) is 8.85. The highest BCUT2D eigenvalue weighted by Gasteiger charge is 2.21. The predicted octanol–water partition coefficient (Wildman–Crippen LogP) is 2.40. The third-order valence-electron chi connectivity index (χ3n) is 5.92. The molecule has 3 heterocycles. The van der Waals surface area contributed by atoms with Gasteiger partial charge in [0, 0.05) is 56.2 Å². The molecule has 4 rings (SSSR count). The van der Waals surface area contributed by atoms with Crippen molar-refractivity contribution in [1.29, 1.82) is 0 Å². The number of fused-ring (bicyclic) bond motifs is 1. The van der Waals surface area contributed by atoms with Gasteiger partial charge in [-0.25, -0.2) is 0 Å². The lowest BCUT2D eigenvalue weighted by molar-refractivity contribution is 0.256. The topological polar surface area (TPSA) is 51.7 Å². The van der Waals surface area contributed by atoms with Crippen LogP contribution in [0.3, 0.4) is 0 Å². The van der Waals surface area contributed by atoms with E-state index in [1.165, 1.54) is 5.70 Å². The van der Waals surface area contributed by atoms with Crippen LogP contribution in [0.2, 0.25) is 5.02 Å². The van der Waals surface area contributed by atoms with Crippen LogP contribution in [0.5, 0.6) is 0 Å². The zero-order valence-electron chi connectivity index (χ0n) is 17.9. The normalized spacial score (nSPS) is 27.4. The highest BCUT2D eigenvalue weighted by atomic mass is 35.5. The first kappa shape index (κ1) is 21.0. The minimum absolute atomic E-state index is 0.497. The van der Waals surface area contributed by atoms with Gasteiger partial charge in [0.1, 0.15) is 0 Å². The Morgan fingerprint density at radius 2 is 2.17 bits per heavy atom. The summed E-state index contributed by atoms with van der Waals surface area (Å²) in [4.78, 5) is 7.16. The summed E-state index contributed by atoms with van der Waals surface area (Å²) < 4.78 is 0. The van der Waals surface area contributed by atoms with E-state index in [0.717, 1.165) is 65.9 Å². The van der Waals surface area contributed by atoms with Crippen LogP contribution in [0.25, 0.3) is 6.08 Å². The van der Waals surface area contributed by atoms with Crippen LogP contribution in [0.15, 0.2) is 53.1 Å². The van der Waals surface area contributed by atoms with E-state index in [1.54, 1.807) is 0 Å². The molecule has 5 nitrogen and oxygen atoms in total. The standard InChI is InChI=1S/C24H32ClN5/c1-17-4-3-5-19-12-21(25)20(13-22(19)28-9-6-17)14-29-23-15-26-8-7-24(23)30-11-10-27-18(2)16-30/h5-7,9,12-13,15,17-18,26-27,29H,3-4,8,10-11,14,16H2,1-2H3/b9-6-,19-5+,28-22+. The summed E-state index contributed by atoms with van der Waals surface area (Å²) in [5.41, 5.74) is 3.45. The average Bonchev–Trinajstić information content (AvgIpc) is 2.82. The minimum atomic E-state index is 0.497. The van der Waals surface area contributed by atoms with Crippen LogP contribution in [-0.2, 0) is 6.54 Å². The zero-order chi connectivity index (χ0) is 20.9. The molecule has 3 N–H and O–H groups in total. The maximum absolute atomic E-state index is 6.66. The van der Waals surface area contributed by atoms with Crippen molar-refractivity contribution in [2.45, 2.75) is 39.3 Å². The van der Waals surface area contributed by atoms with Crippen molar-refractivity contribution in [2.75, 3.05) is 26.2 Å². The fourth-order valence-electron chi connectivity index (χ4n) is 4.18. The van der Waals surface area contributed by atoms with Gasteiger partial charge < -0.3 is 20.9 Å². The van der Waals surface area contributed by atoms with Crippen LogP contribution in [0.1, 0.15) is 32.3 Å². The Kier molecular flexibility index (Phi) is 6.80. The Labute approximate surface area is 184 Å². The van der Waals surface area contributed by atoms with Crippen molar-refractivity contribution < 1.29 is 0 Å². The molecule has 0 amide bonds. The molecule has 1 aromatic carbocycles. The Hall–Kier alpha value is -2.24. The summed E-state index contributed by atoms with van der Waals surface area (Å²) in [5.74, 6) is 0.541. The molecule has 0 radical (unpaired) electrons. The van der Waals surface area contributed by atoms with Gasteiger partial charge in [0.25, 0.3) is 0 Å². The largest absolute Gasteiger partial charge is 0.386 e. The van der Waals surface area contributed by atoms with Gasteiger partial charge >= 0.3 is 0 Å². The van der Waals surface area contributed by atoms with E-state index in [2.05, 4.69) is 71.3 Å². The van der Waals surface area contributed by atoms with Crippen LogP contribution in [0, 0.1) is 5.92 Å². The van der Waals surface area contributed by atoms with Crippen molar-refractivity contribution in [1.82, 2.24) is 20.9 Å². The maximum Gasteiger partial charge on any atom is 0.0737 e. The number of hydrogen-bond acceptors (Lipinski definition) is 5. The SMILES string of the molecule is CC1\C=C/N=c2\cc(CNC3=CNCC=C3N3CCNC(C)C3)c(Cl)c\c2=C/CC1. The lowest BCUT2D eigenvalue weighted by Crippen LogP contribution is -2.49. The number of nitrogens with one attached hydrogen (secondary N) is 3. The minimum Gasteiger partial charge on any atom is -0.386 e. The molecule has 2 unspecified atom stereocenters. The van der Waals surface area contributed by atoms with Crippen molar-refractivity contribution in [2.24, 2.45) is 10.9 Å². The Bertz CT molecular complexity index is 978. The number of dihydropyridines is 1. The zero-order valence-corrected chi connectivity index (χ0v) is 18.7. The van der Waals surface area contributed by atoms with Crippen molar-refractivity contribution in [3.8, 4) is 0 Å². The molecule has 3 aliphatic rings. The van der Waals surface area contributed by atoms with Gasteiger partial charge in [0.15, 0.2) is 0 Å². The van der Waals surface area contributed by atoms with E-state index in [9.17, 15) is 0 Å². The Balaban J connectivity index is 1.53. The van der Waals surface area contributed by atoms with Crippen molar-refractivity contribution in [3.63, 3.8) is 0 Å². The quantitative estimate of drug-likeness (QED) is 0.693. The van der Waals surface area contributed by atoms with E-state index in [0.29, 0.717) is 18.5 Å². The first-order valence-electron chi connectivity index (χ1n) is 11.0. The molecule has 160 valence electrons. The van der Waals surface area contributed by atoms with Gasteiger partial charge in [-0.15, -0.1) is 0 Å². The molecule has 1 aromatic rings. The third kappa shape index (κ3) is 5.08. The Morgan fingerprint density at radius 3 is 3.03 bits per heavy atom. The molecule has 0 aliphatic carbocycles. The van der Waals surface area contributed by atoms with Crippen LogP contribution < -0.4 is 26.5 Å². The Morgan fingerprint density at radius 1 is 1.27 bits per heavy atom. The number of hydrogen-bond donors (Lipinski definition) is 3. The van der Waals surface area contributed by atoms with Gasteiger partial charge in [0.05, 0.1) is 16.8 Å². The number of halogens is 1. The predicted molar refractivity (Wildman–Crippen MR) is 124 cm³/mol. The highest BCUT2D eigenvalue weighted by Crippen LogP contribution is 2.19. The highest BCUT2D eigenvalue weighted by molar-refractivity contribution is 6.31. The van der Waals surface area contributed by atoms with Gasteiger partial charge in [0.2, 0.25) is 0 Å². The maximum atomic E-state index is 6.66. The molecule has 0 bridgehead atoms. The van der Waals surface area contributed by atoms with E-state index in [4.69, 9.17) is 16.6 Å². The van der Waals surface area contributed by atoms with Gasteiger partial charge in [-0.05, 0) is 54.7 Å². The summed E-state index contributed by atoms with van der Waals surface area (Å²) in [6.07, 6.45) is 12.9. The van der Waals surface area contributed by atoms with Crippen LogP contribution in [-0.4, -0.2) is 37.1 Å². The number of rotatable bonds is 4. The number of nitrogens with zero attached hydrogens (tertiary/aromatic N) is 2. The fourth-order valence-corrected chi connectivity index (χ4v) is 4.42. The first-order chi connectivity index (χ1) is 14.6. The molecule has 2 atom stereocenters. The van der Waals surface area contributed by atoms with Gasteiger partial charge in [-0.1, -0.05) is 30.7 Å².